The lowest BCUT2D eigenvalue weighted by Gasteiger charge is -2.24. The fourth-order valence-corrected chi connectivity index (χ4v) is 2.54. The molecule has 1 unspecified atom stereocenters. The van der Waals surface area contributed by atoms with Crippen molar-refractivity contribution in [1.82, 2.24) is 5.32 Å². The van der Waals surface area contributed by atoms with Crippen LogP contribution in [0.15, 0.2) is 24.3 Å². The second kappa shape index (κ2) is 6.26. The van der Waals surface area contributed by atoms with E-state index >= 15 is 0 Å². The Kier molecular flexibility index (Phi) is 4.63. The molecule has 0 saturated heterocycles. The Morgan fingerprint density at radius 3 is 2.67 bits per heavy atom. The van der Waals surface area contributed by atoms with Crippen molar-refractivity contribution in [3.05, 3.63) is 29.8 Å². The maximum Gasteiger partial charge on any atom is 0.243 e. The van der Waals surface area contributed by atoms with Gasteiger partial charge in [-0.15, -0.1) is 0 Å². The minimum atomic E-state index is -0.580. The maximum atomic E-state index is 12.3. The summed E-state index contributed by atoms with van der Waals surface area (Å²) in [6.07, 6.45) is -0.0668. The van der Waals surface area contributed by atoms with Crippen LogP contribution in [0.3, 0.4) is 0 Å². The van der Waals surface area contributed by atoms with Gasteiger partial charge < -0.3 is 10.4 Å². The van der Waals surface area contributed by atoms with Gasteiger partial charge in [0.05, 0.1) is 6.10 Å². The Hall–Kier alpha value is -1.88. The van der Waals surface area contributed by atoms with E-state index in [0.717, 1.165) is 11.3 Å². The van der Waals surface area contributed by atoms with E-state index in [1.165, 1.54) is 11.8 Å². The molecule has 0 fully saturated rings. The lowest BCUT2D eigenvalue weighted by Crippen LogP contribution is -2.49. The van der Waals surface area contributed by atoms with Crippen molar-refractivity contribution < 1.29 is 14.7 Å². The molecule has 2 amide bonds. The second-order valence-electron chi connectivity index (χ2n) is 5.79. The first kappa shape index (κ1) is 15.5. The third-order valence-corrected chi connectivity index (χ3v) is 3.87. The summed E-state index contributed by atoms with van der Waals surface area (Å²) in [7, 11) is 0. The minimum absolute atomic E-state index is 0.0787. The van der Waals surface area contributed by atoms with Crippen LogP contribution in [-0.2, 0) is 16.0 Å². The van der Waals surface area contributed by atoms with Crippen molar-refractivity contribution in [2.75, 3.05) is 11.4 Å². The number of nitrogens with zero attached hydrogens (tertiary/aromatic N) is 1. The molecule has 0 aromatic heterocycles. The average Bonchev–Trinajstić information content (AvgIpc) is 2.83. The molecule has 1 aliphatic rings. The van der Waals surface area contributed by atoms with E-state index in [4.69, 9.17) is 0 Å². The number of carbonyl (C=O) groups excluding carboxylic acids is 2. The van der Waals surface area contributed by atoms with Crippen LogP contribution in [0.5, 0.6) is 0 Å². The quantitative estimate of drug-likeness (QED) is 0.872. The number of para-hydroxylation sites is 1. The van der Waals surface area contributed by atoms with Gasteiger partial charge in [-0.25, -0.2) is 0 Å². The molecule has 0 radical (unpaired) electrons. The molecule has 1 heterocycles. The molecule has 21 heavy (non-hydrogen) atoms. The predicted molar refractivity (Wildman–Crippen MR) is 80.9 cm³/mol. The first-order chi connectivity index (χ1) is 9.91. The summed E-state index contributed by atoms with van der Waals surface area (Å²) >= 11 is 0. The Morgan fingerprint density at radius 2 is 2.05 bits per heavy atom. The van der Waals surface area contributed by atoms with Crippen LogP contribution in [-0.4, -0.2) is 35.6 Å². The zero-order valence-corrected chi connectivity index (χ0v) is 12.7. The average molecular weight is 290 g/mol. The summed E-state index contributed by atoms with van der Waals surface area (Å²) in [5.74, 6) is -0.291. The number of aliphatic hydroxyl groups is 1. The van der Waals surface area contributed by atoms with Gasteiger partial charge in [0.25, 0.3) is 0 Å². The zero-order chi connectivity index (χ0) is 15.6. The SMILES string of the molecule is CC(=O)N1c2ccccc2C[C@H]1C(=O)NCC(O)C(C)C. The fourth-order valence-electron chi connectivity index (χ4n) is 2.54. The van der Waals surface area contributed by atoms with Crippen molar-refractivity contribution in [2.24, 2.45) is 5.92 Å². The van der Waals surface area contributed by atoms with Crippen molar-refractivity contribution in [2.45, 2.75) is 39.3 Å². The van der Waals surface area contributed by atoms with Gasteiger partial charge in [-0.3, -0.25) is 14.5 Å². The van der Waals surface area contributed by atoms with Gasteiger partial charge in [-0.1, -0.05) is 32.0 Å². The third kappa shape index (κ3) is 3.24. The summed E-state index contributed by atoms with van der Waals surface area (Å²) in [6, 6.07) is 7.02. The number of rotatable bonds is 4. The van der Waals surface area contributed by atoms with E-state index in [2.05, 4.69) is 5.32 Å². The molecule has 2 N–H and O–H groups in total. The van der Waals surface area contributed by atoms with E-state index in [0.29, 0.717) is 6.42 Å². The molecule has 114 valence electrons. The second-order valence-corrected chi connectivity index (χ2v) is 5.79. The van der Waals surface area contributed by atoms with Crippen LogP contribution in [0.2, 0.25) is 0 Å². The van der Waals surface area contributed by atoms with E-state index in [9.17, 15) is 14.7 Å². The highest BCUT2D eigenvalue weighted by molar-refractivity contribution is 6.02. The van der Waals surface area contributed by atoms with Gasteiger partial charge in [0.1, 0.15) is 6.04 Å². The molecule has 2 atom stereocenters. The number of amides is 2. The highest BCUT2D eigenvalue weighted by Crippen LogP contribution is 2.32. The summed E-state index contributed by atoms with van der Waals surface area (Å²) in [4.78, 5) is 25.7. The summed E-state index contributed by atoms with van der Waals surface area (Å²) < 4.78 is 0. The number of hydrogen-bond donors (Lipinski definition) is 2. The van der Waals surface area contributed by atoms with Crippen LogP contribution < -0.4 is 10.2 Å². The standard InChI is InChI=1S/C16H22N2O3/c1-10(2)15(20)9-17-16(21)14-8-12-6-4-5-7-13(12)18(14)11(3)19/h4-7,10,14-15,20H,8-9H2,1-3H3,(H,17,21)/t14-,15?/m0/s1. The number of nitrogens with one attached hydrogen (secondary N) is 1. The van der Waals surface area contributed by atoms with E-state index in [1.54, 1.807) is 0 Å². The Morgan fingerprint density at radius 1 is 1.38 bits per heavy atom. The van der Waals surface area contributed by atoms with Crippen LogP contribution in [0.25, 0.3) is 0 Å². The number of benzene rings is 1. The highest BCUT2D eigenvalue weighted by atomic mass is 16.3. The highest BCUT2D eigenvalue weighted by Gasteiger charge is 2.36. The molecule has 5 heteroatoms. The van der Waals surface area contributed by atoms with E-state index in [1.807, 2.05) is 38.1 Å². The fraction of sp³-hybridized carbons (Fsp3) is 0.500. The third-order valence-electron chi connectivity index (χ3n) is 3.87. The largest absolute Gasteiger partial charge is 0.391 e. The molecule has 1 aromatic carbocycles. The van der Waals surface area contributed by atoms with E-state index in [-0.39, 0.29) is 24.3 Å². The summed E-state index contributed by atoms with van der Waals surface area (Å²) in [6.45, 7) is 5.45. The summed E-state index contributed by atoms with van der Waals surface area (Å²) in [5.41, 5.74) is 1.80. The molecule has 1 aliphatic heterocycles. The molecular weight excluding hydrogens is 268 g/mol. The molecule has 0 bridgehead atoms. The van der Waals surface area contributed by atoms with Crippen molar-refractivity contribution in [1.29, 1.82) is 0 Å². The normalized spacial score (nSPS) is 18.5. The Balaban J connectivity index is 2.10. The predicted octanol–water partition coefficient (Wildman–Crippen LogP) is 1.10. The van der Waals surface area contributed by atoms with Crippen molar-refractivity contribution in [3.8, 4) is 0 Å². The first-order valence-corrected chi connectivity index (χ1v) is 7.25. The molecule has 0 saturated carbocycles. The van der Waals surface area contributed by atoms with Crippen LogP contribution >= 0.6 is 0 Å². The number of carbonyl (C=O) groups is 2. The molecule has 5 nitrogen and oxygen atoms in total. The Bertz CT molecular complexity index is 542. The lowest BCUT2D eigenvalue weighted by atomic mass is 10.1. The maximum absolute atomic E-state index is 12.3. The minimum Gasteiger partial charge on any atom is -0.391 e. The topological polar surface area (TPSA) is 69.6 Å². The van der Waals surface area contributed by atoms with Gasteiger partial charge >= 0.3 is 0 Å². The number of hydrogen-bond acceptors (Lipinski definition) is 3. The van der Waals surface area contributed by atoms with Crippen molar-refractivity contribution >= 4 is 17.5 Å². The number of fused-ring (bicyclic) bond motifs is 1. The van der Waals surface area contributed by atoms with Gasteiger partial charge in [0, 0.05) is 25.6 Å². The van der Waals surface area contributed by atoms with Gasteiger partial charge in [-0.2, -0.15) is 0 Å². The smallest absolute Gasteiger partial charge is 0.243 e. The van der Waals surface area contributed by atoms with Gasteiger partial charge in [0.15, 0.2) is 0 Å². The Labute approximate surface area is 125 Å². The number of anilines is 1. The molecule has 0 spiro atoms. The molecular formula is C16H22N2O3. The van der Waals surface area contributed by atoms with Crippen LogP contribution in [0, 0.1) is 5.92 Å². The van der Waals surface area contributed by atoms with Crippen LogP contribution in [0.1, 0.15) is 26.3 Å². The molecule has 2 rings (SSSR count). The summed E-state index contributed by atoms with van der Waals surface area (Å²) in [5, 5.41) is 12.5. The van der Waals surface area contributed by atoms with E-state index < -0.39 is 12.1 Å². The molecule has 1 aromatic rings. The lowest BCUT2D eigenvalue weighted by molar-refractivity contribution is -0.125. The van der Waals surface area contributed by atoms with Gasteiger partial charge in [-0.05, 0) is 17.5 Å². The monoisotopic (exact) mass is 290 g/mol. The van der Waals surface area contributed by atoms with Crippen molar-refractivity contribution in [3.63, 3.8) is 0 Å². The van der Waals surface area contributed by atoms with Crippen LogP contribution in [0.4, 0.5) is 5.69 Å². The zero-order valence-electron chi connectivity index (χ0n) is 12.7. The first-order valence-electron chi connectivity index (χ1n) is 7.25. The molecule has 0 aliphatic carbocycles. The van der Waals surface area contributed by atoms with Gasteiger partial charge in [0.2, 0.25) is 11.8 Å². The number of aliphatic hydroxyl groups excluding tert-OH is 1.